The van der Waals surface area contributed by atoms with E-state index in [1.807, 2.05) is 0 Å². The van der Waals surface area contributed by atoms with Gasteiger partial charge in [-0.2, -0.15) is 0 Å². The van der Waals surface area contributed by atoms with Crippen LogP contribution in [0.5, 0.6) is 0 Å². The maximum Gasteiger partial charge on any atom is 0.321 e. The molecule has 1 aliphatic rings. The lowest BCUT2D eigenvalue weighted by atomic mass is 10.2. The fourth-order valence-electron chi connectivity index (χ4n) is 0.812. The highest BCUT2D eigenvalue weighted by Gasteiger charge is 2.31. The fraction of sp³-hybridized carbons (Fsp3) is 0.500. The molecule has 2 unspecified atom stereocenters. The molecule has 2 amide bonds. The molecule has 11 heavy (non-hydrogen) atoms. The molecule has 1 heterocycles. The largest absolute Gasteiger partial charge is 0.370 e. The average Bonchev–Trinajstić information content (AvgIpc) is 1.97. The molecular weight excluding hydrogens is 148 g/mol. The predicted molar refractivity (Wildman–Crippen MR) is 37.4 cm³/mol. The highest BCUT2D eigenvalue weighted by atomic mass is 16.3. The fourth-order valence-corrected chi connectivity index (χ4v) is 0.812. The lowest BCUT2D eigenvalue weighted by Crippen LogP contribution is -2.56. The van der Waals surface area contributed by atoms with Crippen molar-refractivity contribution in [2.45, 2.75) is 12.5 Å². The second-order valence-electron chi connectivity index (χ2n) is 2.41. The topological polar surface area (TPSA) is 72.8 Å². The Morgan fingerprint density at radius 3 is 2.73 bits per heavy atom. The van der Waals surface area contributed by atoms with E-state index in [-0.39, 0.29) is 5.57 Å². The van der Waals surface area contributed by atoms with Crippen LogP contribution in [0.25, 0.3) is 0 Å². The maximum absolute atomic E-state index is 10.8. The Labute approximate surface area is 63.9 Å². The molecule has 62 valence electrons. The number of urea groups is 1. The molecule has 0 aromatic rings. The third kappa shape index (κ3) is 1.20. The van der Waals surface area contributed by atoms with Crippen LogP contribution >= 0.6 is 0 Å². The summed E-state index contributed by atoms with van der Waals surface area (Å²) >= 11 is 0. The van der Waals surface area contributed by atoms with Gasteiger partial charge in [0, 0.05) is 12.6 Å². The Morgan fingerprint density at radius 1 is 1.64 bits per heavy atom. The Balaban J connectivity index is 2.78. The van der Waals surface area contributed by atoms with Crippen molar-refractivity contribution in [3.63, 3.8) is 0 Å². The number of amides is 2. The van der Waals surface area contributed by atoms with Crippen LogP contribution in [0.4, 0.5) is 4.79 Å². The zero-order chi connectivity index (χ0) is 8.59. The van der Waals surface area contributed by atoms with Crippen molar-refractivity contribution in [2.24, 2.45) is 0 Å². The first-order chi connectivity index (χ1) is 5.04. The van der Waals surface area contributed by atoms with Crippen LogP contribution in [-0.4, -0.2) is 40.6 Å². The lowest BCUT2D eigenvalue weighted by molar-refractivity contribution is 0.0205. The highest BCUT2D eigenvalue weighted by molar-refractivity contribution is 5.76. The van der Waals surface area contributed by atoms with Crippen molar-refractivity contribution < 1.29 is 15.0 Å². The first-order valence-electron chi connectivity index (χ1n) is 3.12. The SMILES string of the molecule is C=C1C(O)NC(=O)N(C)C1O. The molecule has 1 saturated heterocycles. The van der Waals surface area contributed by atoms with E-state index in [1.165, 1.54) is 7.05 Å². The summed E-state index contributed by atoms with van der Waals surface area (Å²) in [5, 5.41) is 20.4. The summed E-state index contributed by atoms with van der Waals surface area (Å²) in [6, 6.07) is -0.516. The van der Waals surface area contributed by atoms with Gasteiger partial charge in [-0.15, -0.1) is 0 Å². The normalized spacial score (nSPS) is 32.1. The van der Waals surface area contributed by atoms with Gasteiger partial charge in [-0.3, -0.25) is 4.90 Å². The molecule has 0 aromatic heterocycles. The second-order valence-corrected chi connectivity index (χ2v) is 2.41. The van der Waals surface area contributed by atoms with Gasteiger partial charge < -0.3 is 15.5 Å². The number of nitrogens with zero attached hydrogens (tertiary/aromatic N) is 1. The number of aliphatic hydroxyl groups is 2. The number of likely N-dealkylation sites (N-methyl/N-ethyl adjacent to an activating group) is 1. The molecular formula is C6H10N2O3. The Bertz CT molecular complexity index is 204. The van der Waals surface area contributed by atoms with Crippen molar-refractivity contribution in [1.29, 1.82) is 0 Å². The van der Waals surface area contributed by atoms with Gasteiger partial charge in [0.15, 0.2) is 12.5 Å². The first-order valence-corrected chi connectivity index (χ1v) is 3.12. The van der Waals surface area contributed by atoms with Gasteiger partial charge in [-0.05, 0) is 0 Å². The van der Waals surface area contributed by atoms with E-state index in [2.05, 4.69) is 11.9 Å². The number of nitrogens with one attached hydrogen (secondary N) is 1. The number of carbonyl (C=O) groups excluding carboxylic acids is 1. The molecule has 3 N–H and O–H groups in total. The molecule has 0 radical (unpaired) electrons. The molecule has 0 bridgehead atoms. The van der Waals surface area contributed by atoms with E-state index >= 15 is 0 Å². The van der Waals surface area contributed by atoms with Crippen LogP contribution in [-0.2, 0) is 0 Å². The Kier molecular flexibility index (Phi) is 1.84. The average molecular weight is 158 g/mol. The summed E-state index contributed by atoms with van der Waals surface area (Å²) in [5.74, 6) is 0. The van der Waals surface area contributed by atoms with E-state index in [4.69, 9.17) is 5.11 Å². The monoisotopic (exact) mass is 158 g/mol. The van der Waals surface area contributed by atoms with Gasteiger partial charge in [0.05, 0.1) is 0 Å². The number of hydrogen-bond acceptors (Lipinski definition) is 3. The third-order valence-corrected chi connectivity index (χ3v) is 1.63. The highest BCUT2D eigenvalue weighted by Crippen LogP contribution is 2.12. The van der Waals surface area contributed by atoms with Gasteiger partial charge in [0.25, 0.3) is 0 Å². The zero-order valence-corrected chi connectivity index (χ0v) is 6.11. The zero-order valence-electron chi connectivity index (χ0n) is 6.11. The number of hydrogen-bond donors (Lipinski definition) is 3. The van der Waals surface area contributed by atoms with Crippen molar-refractivity contribution in [2.75, 3.05) is 7.05 Å². The molecule has 0 aliphatic carbocycles. The first kappa shape index (κ1) is 8.03. The van der Waals surface area contributed by atoms with Gasteiger partial charge in [0.2, 0.25) is 0 Å². The summed E-state index contributed by atoms with van der Waals surface area (Å²) in [7, 11) is 1.41. The Morgan fingerprint density at radius 2 is 2.18 bits per heavy atom. The second kappa shape index (κ2) is 2.52. The van der Waals surface area contributed by atoms with Crippen LogP contribution < -0.4 is 5.32 Å². The van der Waals surface area contributed by atoms with Crippen LogP contribution in [0.3, 0.4) is 0 Å². The Hall–Kier alpha value is -1.07. The van der Waals surface area contributed by atoms with Crippen molar-refractivity contribution >= 4 is 6.03 Å². The van der Waals surface area contributed by atoms with Crippen molar-refractivity contribution in [3.8, 4) is 0 Å². The maximum atomic E-state index is 10.8. The van der Waals surface area contributed by atoms with Crippen LogP contribution in [0.2, 0.25) is 0 Å². The molecule has 5 heteroatoms. The minimum absolute atomic E-state index is 0.173. The quantitative estimate of drug-likeness (QED) is 0.389. The van der Waals surface area contributed by atoms with Gasteiger partial charge in [-0.25, -0.2) is 4.79 Å². The molecule has 1 rings (SSSR count). The van der Waals surface area contributed by atoms with E-state index in [0.29, 0.717) is 0 Å². The number of carbonyl (C=O) groups is 1. The van der Waals surface area contributed by atoms with E-state index < -0.39 is 18.5 Å². The summed E-state index contributed by atoms with van der Waals surface area (Å²) in [5.41, 5.74) is 0.173. The molecule has 1 aliphatic heterocycles. The van der Waals surface area contributed by atoms with Gasteiger partial charge >= 0.3 is 6.03 Å². The molecule has 2 atom stereocenters. The number of rotatable bonds is 0. The summed E-state index contributed by atoms with van der Waals surface area (Å²) in [4.78, 5) is 11.9. The summed E-state index contributed by atoms with van der Waals surface area (Å²) < 4.78 is 0. The van der Waals surface area contributed by atoms with Crippen molar-refractivity contribution in [3.05, 3.63) is 12.2 Å². The molecule has 0 aromatic carbocycles. The third-order valence-electron chi connectivity index (χ3n) is 1.63. The van der Waals surface area contributed by atoms with Gasteiger partial charge in [0.1, 0.15) is 0 Å². The molecule has 5 nitrogen and oxygen atoms in total. The van der Waals surface area contributed by atoms with Crippen LogP contribution in [0.1, 0.15) is 0 Å². The smallest absolute Gasteiger partial charge is 0.321 e. The minimum Gasteiger partial charge on any atom is -0.370 e. The van der Waals surface area contributed by atoms with E-state index in [1.54, 1.807) is 0 Å². The molecule has 0 saturated carbocycles. The van der Waals surface area contributed by atoms with E-state index in [0.717, 1.165) is 4.90 Å². The van der Waals surface area contributed by atoms with Gasteiger partial charge in [-0.1, -0.05) is 6.58 Å². The van der Waals surface area contributed by atoms with Crippen LogP contribution in [0, 0.1) is 0 Å². The van der Waals surface area contributed by atoms with Crippen LogP contribution in [0.15, 0.2) is 12.2 Å². The summed E-state index contributed by atoms with van der Waals surface area (Å²) in [6.07, 6.45) is -2.24. The minimum atomic E-state index is -1.14. The standard InChI is InChI=1S/C6H10N2O3/c1-3-4(9)7-6(11)8(2)5(3)10/h4-5,9-10H,1H2,2H3,(H,7,11). The lowest BCUT2D eigenvalue weighted by Gasteiger charge is -2.33. The van der Waals surface area contributed by atoms with Crippen molar-refractivity contribution in [1.82, 2.24) is 10.2 Å². The van der Waals surface area contributed by atoms with E-state index in [9.17, 15) is 9.90 Å². The predicted octanol–water partition coefficient (Wildman–Crippen LogP) is -1.17. The summed E-state index contributed by atoms with van der Waals surface area (Å²) in [6.45, 7) is 3.40. The molecule has 1 fully saturated rings. The molecule has 0 spiro atoms. The number of aliphatic hydroxyl groups excluding tert-OH is 2.